The molecule has 2 rings (SSSR count). The lowest BCUT2D eigenvalue weighted by Gasteiger charge is -1.98. The summed E-state index contributed by atoms with van der Waals surface area (Å²) in [6, 6.07) is 4.41. The van der Waals surface area contributed by atoms with Gasteiger partial charge in [-0.25, -0.2) is 4.39 Å². The number of halogens is 1. The molecule has 76 valence electrons. The molecule has 15 heavy (non-hydrogen) atoms. The summed E-state index contributed by atoms with van der Waals surface area (Å²) in [7, 11) is 0. The number of nitrogens with two attached hydrogens (primary N) is 1. The van der Waals surface area contributed by atoms with Gasteiger partial charge in [-0.2, -0.15) is 0 Å². The van der Waals surface area contributed by atoms with Crippen LogP contribution in [0.4, 0.5) is 4.39 Å². The summed E-state index contributed by atoms with van der Waals surface area (Å²) in [5.74, 6) is -1.61. The second-order valence-electron chi connectivity index (χ2n) is 2.98. The van der Waals surface area contributed by atoms with Crippen LogP contribution in [0.25, 0.3) is 11.0 Å². The second kappa shape index (κ2) is 3.20. The fourth-order valence-corrected chi connectivity index (χ4v) is 1.25. The van der Waals surface area contributed by atoms with Crippen LogP contribution in [-0.4, -0.2) is 5.91 Å². The predicted molar refractivity (Wildman–Crippen MR) is 51.0 cm³/mol. The molecule has 1 heterocycles. The van der Waals surface area contributed by atoms with Crippen molar-refractivity contribution in [3.05, 3.63) is 46.1 Å². The maximum absolute atomic E-state index is 12.8. The highest BCUT2D eigenvalue weighted by Crippen LogP contribution is 2.13. The molecule has 5 heteroatoms. The SMILES string of the molecule is NC(=O)c1cc(=O)c2cc(F)ccc2o1. The molecule has 0 saturated heterocycles. The van der Waals surface area contributed by atoms with Crippen LogP contribution < -0.4 is 11.2 Å². The molecule has 0 aliphatic heterocycles. The van der Waals surface area contributed by atoms with E-state index in [0.29, 0.717) is 0 Å². The van der Waals surface area contributed by atoms with Crippen LogP contribution in [0.1, 0.15) is 10.6 Å². The Labute approximate surface area is 83.1 Å². The van der Waals surface area contributed by atoms with Crippen LogP contribution in [0, 0.1) is 5.82 Å². The molecule has 0 saturated carbocycles. The van der Waals surface area contributed by atoms with E-state index in [1.807, 2.05) is 0 Å². The van der Waals surface area contributed by atoms with E-state index in [9.17, 15) is 14.0 Å². The monoisotopic (exact) mass is 207 g/mol. The van der Waals surface area contributed by atoms with Gasteiger partial charge in [0, 0.05) is 6.07 Å². The van der Waals surface area contributed by atoms with Crippen LogP contribution in [0.2, 0.25) is 0 Å². The Morgan fingerprint density at radius 2 is 2.07 bits per heavy atom. The average molecular weight is 207 g/mol. The Kier molecular flexibility index (Phi) is 2.00. The number of hydrogen-bond acceptors (Lipinski definition) is 3. The number of carbonyl (C=O) groups excluding carboxylic acids is 1. The largest absolute Gasteiger partial charge is 0.451 e. The number of benzene rings is 1. The molecule has 0 aliphatic carbocycles. The molecule has 4 nitrogen and oxygen atoms in total. The van der Waals surface area contributed by atoms with Gasteiger partial charge in [0.15, 0.2) is 11.2 Å². The lowest BCUT2D eigenvalue weighted by atomic mass is 10.2. The third-order valence-electron chi connectivity index (χ3n) is 1.93. The first-order valence-corrected chi connectivity index (χ1v) is 4.11. The highest BCUT2D eigenvalue weighted by molar-refractivity contribution is 5.91. The van der Waals surface area contributed by atoms with Crippen molar-refractivity contribution in [3.8, 4) is 0 Å². The Bertz CT molecular complexity index is 603. The van der Waals surface area contributed by atoms with Crippen LogP contribution in [0.15, 0.2) is 33.5 Å². The average Bonchev–Trinajstić information content (AvgIpc) is 2.18. The maximum atomic E-state index is 12.8. The molecule has 0 atom stereocenters. The van der Waals surface area contributed by atoms with E-state index in [4.69, 9.17) is 10.2 Å². The molecular weight excluding hydrogens is 201 g/mol. The smallest absolute Gasteiger partial charge is 0.284 e. The summed E-state index contributed by atoms with van der Waals surface area (Å²) in [6.45, 7) is 0. The van der Waals surface area contributed by atoms with Gasteiger partial charge in [0.2, 0.25) is 0 Å². The van der Waals surface area contributed by atoms with Gasteiger partial charge in [0.1, 0.15) is 11.4 Å². The maximum Gasteiger partial charge on any atom is 0.284 e. The molecule has 1 aromatic heterocycles. The molecule has 1 aromatic carbocycles. The topological polar surface area (TPSA) is 73.3 Å². The minimum absolute atomic E-state index is 0.0833. The lowest BCUT2D eigenvalue weighted by molar-refractivity contribution is 0.0974. The van der Waals surface area contributed by atoms with Gasteiger partial charge in [-0.15, -0.1) is 0 Å². The van der Waals surface area contributed by atoms with Gasteiger partial charge in [-0.1, -0.05) is 0 Å². The normalized spacial score (nSPS) is 10.5. The summed E-state index contributed by atoms with van der Waals surface area (Å²) < 4.78 is 17.8. The van der Waals surface area contributed by atoms with E-state index in [2.05, 4.69) is 0 Å². The van der Waals surface area contributed by atoms with Crippen molar-refractivity contribution >= 4 is 16.9 Å². The van der Waals surface area contributed by atoms with E-state index in [-0.39, 0.29) is 16.7 Å². The van der Waals surface area contributed by atoms with Crippen molar-refractivity contribution in [2.45, 2.75) is 0 Å². The highest BCUT2D eigenvalue weighted by Gasteiger charge is 2.09. The molecule has 0 radical (unpaired) electrons. The summed E-state index contributed by atoms with van der Waals surface area (Å²) in [4.78, 5) is 22.2. The van der Waals surface area contributed by atoms with E-state index < -0.39 is 17.2 Å². The quantitative estimate of drug-likeness (QED) is 0.758. The summed E-state index contributed by atoms with van der Waals surface area (Å²) in [6.07, 6.45) is 0. The van der Waals surface area contributed by atoms with Gasteiger partial charge >= 0.3 is 0 Å². The van der Waals surface area contributed by atoms with Gasteiger partial charge < -0.3 is 10.2 Å². The third kappa shape index (κ3) is 1.59. The molecule has 2 N–H and O–H groups in total. The van der Waals surface area contributed by atoms with Gasteiger partial charge in [0.25, 0.3) is 5.91 Å². The fraction of sp³-hybridized carbons (Fsp3) is 0. The number of rotatable bonds is 1. The Morgan fingerprint density at radius 1 is 1.33 bits per heavy atom. The van der Waals surface area contributed by atoms with E-state index in [0.717, 1.165) is 18.2 Å². The number of carbonyl (C=O) groups is 1. The zero-order chi connectivity index (χ0) is 11.0. The fourth-order valence-electron chi connectivity index (χ4n) is 1.25. The van der Waals surface area contributed by atoms with Crippen molar-refractivity contribution < 1.29 is 13.6 Å². The summed E-state index contributed by atoms with van der Waals surface area (Å²) in [5.41, 5.74) is 4.60. The molecule has 0 fully saturated rings. The minimum Gasteiger partial charge on any atom is -0.451 e. The highest BCUT2D eigenvalue weighted by atomic mass is 19.1. The van der Waals surface area contributed by atoms with Crippen molar-refractivity contribution in [1.29, 1.82) is 0 Å². The van der Waals surface area contributed by atoms with Crippen molar-refractivity contribution in [2.24, 2.45) is 5.73 Å². The van der Waals surface area contributed by atoms with E-state index >= 15 is 0 Å². The molecule has 0 bridgehead atoms. The summed E-state index contributed by atoms with van der Waals surface area (Å²) >= 11 is 0. The van der Waals surface area contributed by atoms with Gasteiger partial charge in [-0.05, 0) is 18.2 Å². The number of hydrogen-bond donors (Lipinski definition) is 1. The summed E-state index contributed by atoms with van der Waals surface area (Å²) in [5, 5.41) is 0.0833. The number of amides is 1. The first-order valence-electron chi connectivity index (χ1n) is 4.11. The minimum atomic E-state index is -0.835. The third-order valence-corrected chi connectivity index (χ3v) is 1.93. The first-order chi connectivity index (χ1) is 7.08. The molecule has 0 aliphatic rings. The van der Waals surface area contributed by atoms with Crippen LogP contribution in [0.3, 0.4) is 0 Å². The Hall–Kier alpha value is -2.17. The van der Waals surface area contributed by atoms with Crippen LogP contribution in [-0.2, 0) is 0 Å². The molecule has 2 aromatic rings. The standard InChI is InChI=1S/C10H6FNO3/c11-5-1-2-8-6(3-5)7(13)4-9(15-8)10(12)14/h1-4H,(H2,12,14). The van der Waals surface area contributed by atoms with E-state index in [1.165, 1.54) is 6.07 Å². The molecular formula is C10H6FNO3. The Balaban J connectivity index is 2.84. The van der Waals surface area contributed by atoms with Gasteiger partial charge in [-0.3, -0.25) is 9.59 Å². The van der Waals surface area contributed by atoms with Crippen molar-refractivity contribution in [2.75, 3.05) is 0 Å². The number of primary amides is 1. The Morgan fingerprint density at radius 3 is 2.73 bits per heavy atom. The lowest BCUT2D eigenvalue weighted by Crippen LogP contribution is -2.14. The molecule has 1 amide bonds. The first kappa shape index (κ1) is 9.39. The molecule has 0 unspecified atom stereocenters. The zero-order valence-electron chi connectivity index (χ0n) is 7.49. The van der Waals surface area contributed by atoms with Gasteiger partial charge in [0.05, 0.1) is 5.39 Å². The van der Waals surface area contributed by atoms with Crippen LogP contribution >= 0.6 is 0 Å². The molecule has 0 spiro atoms. The second-order valence-corrected chi connectivity index (χ2v) is 2.98. The van der Waals surface area contributed by atoms with E-state index in [1.54, 1.807) is 0 Å². The van der Waals surface area contributed by atoms with Crippen molar-refractivity contribution in [1.82, 2.24) is 0 Å². The predicted octanol–water partition coefficient (Wildman–Crippen LogP) is 1.03. The van der Waals surface area contributed by atoms with Crippen LogP contribution in [0.5, 0.6) is 0 Å². The zero-order valence-corrected chi connectivity index (χ0v) is 7.49. The van der Waals surface area contributed by atoms with Crippen molar-refractivity contribution in [3.63, 3.8) is 0 Å². The number of fused-ring (bicyclic) bond motifs is 1.